The lowest BCUT2D eigenvalue weighted by molar-refractivity contribution is 0.103. The molecule has 0 aromatic heterocycles. The molecule has 0 amide bonds. The second-order valence-corrected chi connectivity index (χ2v) is 6.20. The van der Waals surface area contributed by atoms with Crippen molar-refractivity contribution in [3.63, 3.8) is 0 Å². The second-order valence-electron chi connectivity index (χ2n) is 4.95. The molecular formula is C17H17IO2. The molecule has 2 rings (SSSR count). The predicted octanol–water partition coefficient (Wildman–Crippen LogP) is 4.65. The zero-order valence-electron chi connectivity index (χ0n) is 11.8. The summed E-state index contributed by atoms with van der Waals surface area (Å²) in [5.74, 6) is 1.07. The van der Waals surface area contributed by atoms with Gasteiger partial charge in [-0.15, -0.1) is 0 Å². The first-order chi connectivity index (χ1) is 9.52. The Labute approximate surface area is 133 Å². The number of hydrogen-bond acceptors (Lipinski definition) is 2. The van der Waals surface area contributed by atoms with Gasteiger partial charge < -0.3 is 4.74 Å². The Kier molecular flexibility index (Phi) is 4.81. The first-order valence-corrected chi connectivity index (χ1v) is 7.59. The molecule has 0 aliphatic heterocycles. The van der Waals surface area contributed by atoms with Gasteiger partial charge in [0.25, 0.3) is 0 Å². The minimum Gasteiger partial charge on any atom is -0.496 e. The van der Waals surface area contributed by atoms with Crippen LogP contribution in [0.3, 0.4) is 0 Å². The molecule has 0 aliphatic rings. The standard InChI is InChI=1S/C17H17IO2/c1-11(2)12-4-6-13(7-5-12)17(19)15-10-14(18)8-9-16(15)20-3/h4-11H,1-3H3. The van der Waals surface area contributed by atoms with E-state index in [-0.39, 0.29) is 5.78 Å². The molecular weight excluding hydrogens is 363 g/mol. The number of carbonyl (C=O) groups excluding carboxylic acids is 1. The van der Waals surface area contributed by atoms with Gasteiger partial charge in [0, 0.05) is 9.13 Å². The molecule has 104 valence electrons. The second kappa shape index (κ2) is 6.39. The summed E-state index contributed by atoms with van der Waals surface area (Å²) in [5.41, 5.74) is 2.53. The Hall–Kier alpha value is -1.36. The molecule has 2 aromatic rings. The SMILES string of the molecule is COc1ccc(I)cc1C(=O)c1ccc(C(C)C)cc1. The third kappa shape index (κ3) is 3.20. The number of hydrogen-bond donors (Lipinski definition) is 0. The van der Waals surface area contributed by atoms with Crippen molar-refractivity contribution in [3.8, 4) is 5.75 Å². The Balaban J connectivity index is 2.38. The van der Waals surface area contributed by atoms with Crippen LogP contribution in [0.15, 0.2) is 42.5 Å². The first-order valence-electron chi connectivity index (χ1n) is 6.51. The van der Waals surface area contributed by atoms with E-state index in [1.807, 2.05) is 42.5 Å². The molecule has 0 saturated carbocycles. The van der Waals surface area contributed by atoms with Gasteiger partial charge in [-0.1, -0.05) is 38.1 Å². The summed E-state index contributed by atoms with van der Waals surface area (Å²) >= 11 is 2.20. The lowest BCUT2D eigenvalue weighted by Gasteiger charge is -2.10. The molecule has 2 nitrogen and oxygen atoms in total. The van der Waals surface area contributed by atoms with E-state index in [9.17, 15) is 4.79 Å². The number of benzene rings is 2. The maximum absolute atomic E-state index is 12.6. The van der Waals surface area contributed by atoms with Crippen LogP contribution in [0.4, 0.5) is 0 Å². The molecule has 0 N–H and O–H groups in total. The van der Waals surface area contributed by atoms with Crippen LogP contribution >= 0.6 is 22.6 Å². The molecule has 2 aromatic carbocycles. The maximum atomic E-state index is 12.6. The van der Waals surface area contributed by atoms with Crippen LogP contribution in [0.1, 0.15) is 41.3 Å². The summed E-state index contributed by atoms with van der Waals surface area (Å²) < 4.78 is 6.30. The largest absolute Gasteiger partial charge is 0.496 e. The number of carbonyl (C=O) groups is 1. The summed E-state index contributed by atoms with van der Waals surface area (Å²) in [6.07, 6.45) is 0. The first kappa shape index (κ1) is 15.0. The van der Waals surface area contributed by atoms with E-state index < -0.39 is 0 Å². The van der Waals surface area contributed by atoms with Gasteiger partial charge in [0.15, 0.2) is 5.78 Å². The van der Waals surface area contributed by atoms with E-state index in [2.05, 4.69) is 36.4 Å². The zero-order chi connectivity index (χ0) is 14.7. The van der Waals surface area contributed by atoms with Gasteiger partial charge in [-0.2, -0.15) is 0 Å². The molecule has 3 heteroatoms. The molecule has 0 unspecified atom stereocenters. The average molecular weight is 380 g/mol. The molecule has 0 atom stereocenters. The van der Waals surface area contributed by atoms with Gasteiger partial charge in [-0.25, -0.2) is 0 Å². The van der Waals surface area contributed by atoms with Crippen LogP contribution in [-0.2, 0) is 0 Å². The Morgan fingerprint density at radius 2 is 1.75 bits per heavy atom. The highest BCUT2D eigenvalue weighted by Crippen LogP contribution is 2.24. The Morgan fingerprint density at radius 1 is 1.10 bits per heavy atom. The van der Waals surface area contributed by atoms with E-state index in [1.54, 1.807) is 7.11 Å². The monoisotopic (exact) mass is 380 g/mol. The summed E-state index contributed by atoms with van der Waals surface area (Å²) in [6.45, 7) is 4.28. The van der Waals surface area contributed by atoms with Crippen molar-refractivity contribution in [2.75, 3.05) is 7.11 Å². The van der Waals surface area contributed by atoms with Crippen molar-refractivity contribution in [1.29, 1.82) is 0 Å². The number of rotatable bonds is 4. The van der Waals surface area contributed by atoms with Crippen molar-refractivity contribution in [2.24, 2.45) is 0 Å². The van der Waals surface area contributed by atoms with Crippen LogP contribution in [-0.4, -0.2) is 12.9 Å². The van der Waals surface area contributed by atoms with E-state index in [0.29, 0.717) is 22.8 Å². The molecule has 0 bridgehead atoms. The van der Waals surface area contributed by atoms with Crippen molar-refractivity contribution in [1.82, 2.24) is 0 Å². The van der Waals surface area contributed by atoms with Crippen LogP contribution in [0.2, 0.25) is 0 Å². The summed E-state index contributed by atoms with van der Waals surface area (Å²) in [4.78, 5) is 12.6. The van der Waals surface area contributed by atoms with Crippen molar-refractivity contribution < 1.29 is 9.53 Å². The molecule has 0 saturated heterocycles. The highest BCUT2D eigenvalue weighted by molar-refractivity contribution is 14.1. The molecule has 20 heavy (non-hydrogen) atoms. The highest BCUT2D eigenvalue weighted by atomic mass is 127. The minimum absolute atomic E-state index is 0.00401. The van der Waals surface area contributed by atoms with Crippen LogP contribution < -0.4 is 4.74 Å². The summed E-state index contributed by atoms with van der Waals surface area (Å²) in [7, 11) is 1.58. The fourth-order valence-corrected chi connectivity index (χ4v) is 2.52. The fourth-order valence-electron chi connectivity index (χ4n) is 2.03. The molecule has 0 spiro atoms. The van der Waals surface area contributed by atoms with E-state index >= 15 is 0 Å². The Morgan fingerprint density at radius 3 is 2.30 bits per heavy atom. The molecule has 0 heterocycles. The zero-order valence-corrected chi connectivity index (χ0v) is 14.0. The van der Waals surface area contributed by atoms with Crippen molar-refractivity contribution in [2.45, 2.75) is 19.8 Å². The van der Waals surface area contributed by atoms with Gasteiger partial charge in [0.1, 0.15) is 5.75 Å². The van der Waals surface area contributed by atoms with Gasteiger partial charge in [-0.3, -0.25) is 4.79 Å². The molecule has 0 aliphatic carbocycles. The number of ketones is 1. The van der Waals surface area contributed by atoms with E-state index in [0.717, 1.165) is 3.57 Å². The van der Waals surface area contributed by atoms with E-state index in [4.69, 9.17) is 4.74 Å². The quantitative estimate of drug-likeness (QED) is 0.570. The maximum Gasteiger partial charge on any atom is 0.196 e. The third-order valence-corrected chi connectivity index (χ3v) is 3.92. The predicted molar refractivity (Wildman–Crippen MR) is 89.7 cm³/mol. The van der Waals surface area contributed by atoms with Crippen molar-refractivity contribution in [3.05, 3.63) is 62.7 Å². The fraction of sp³-hybridized carbons (Fsp3) is 0.235. The number of ether oxygens (including phenoxy) is 1. The van der Waals surface area contributed by atoms with Crippen LogP contribution in [0.25, 0.3) is 0 Å². The van der Waals surface area contributed by atoms with Crippen LogP contribution in [0, 0.1) is 3.57 Å². The minimum atomic E-state index is -0.00401. The number of halogens is 1. The van der Waals surface area contributed by atoms with Crippen molar-refractivity contribution >= 4 is 28.4 Å². The molecule has 0 fully saturated rings. The Bertz CT molecular complexity index is 615. The third-order valence-electron chi connectivity index (χ3n) is 3.25. The topological polar surface area (TPSA) is 26.3 Å². The highest BCUT2D eigenvalue weighted by Gasteiger charge is 2.15. The lowest BCUT2D eigenvalue weighted by atomic mass is 9.98. The van der Waals surface area contributed by atoms with Crippen LogP contribution in [0.5, 0.6) is 5.75 Å². The van der Waals surface area contributed by atoms with Gasteiger partial charge in [0.05, 0.1) is 12.7 Å². The van der Waals surface area contributed by atoms with E-state index in [1.165, 1.54) is 5.56 Å². The lowest BCUT2D eigenvalue weighted by Crippen LogP contribution is -2.04. The van der Waals surface area contributed by atoms with Gasteiger partial charge in [0.2, 0.25) is 0 Å². The average Bonchev–Trinajstić information content (AvgIpc) is 2.46. The van der Waals surface area contributed by atoms with Gasteiger partial charge in [-0.05, 0) is 52.3 Å². The molecule has 0 radical (unpaired) electrons. The summed E-state index contributed by atoms with van der Waals surface area (Å²) in [6, 6.07) is 13.4. The normalized spacial score (nSPS) is 10.7. The number of methoxy groups -OCH3 is 1. The summed E-state index contributed by atoms with van der Waals surface area (Å²) in [5, 5.41) is 0. The van der Waals surface area contributed by atoms with Gasteiger partial charge >= 0.3 is 0 Å². The smallest absolute Gasteiger partial charge is 0.196 e.